The summed E-state index contributed by atoms with van der Waals surface area (Å²) in [6.07, 6.45) is 0. The van der Waals surface area contributed by atoms with Crippen LogP contribution in [0.5, 0.6) is 5.75 Å². The molecule has 0 radical (unpaired) electrons. The van der Waals surface area contributed by atoms with Crippen LogP contribution < -0.4 is 15.9 Å². The minimum atomic E-state index is 0.0400. The predicted octanol–water partition coefficient (Wildman–Crippen LogP) is 4.63. The van der Waals surface area contributed by atoms with Crippen LogP contribution in [-0.4, -0.2) is 12.9 Å². The minimum absolute atomic E-state index is 0.0400. The van der Waals surface area contributed by atoms with Gasteiger partial charge in [0.25, 0.3) is 0 Å². The molecule has 3 aromatic rings. The van der Waals surface area contributed by atoms with Gasteiger partial charge in [-0.2, -0.15) is 0 Å². The van der Waals surface area contributed by atoms with Crippen LogP contribution in [0.3, 0.4) is 0 Å². The largest absolute Gasteiger partial charge is 0.497 e. The molecule has 6 heteroatoms. The molecule has 0 heterocycles. The van der Waals surface area contributed by atoms with Crippen LogP contribution in [0.25, 0.3) is 11.1 Å². The number of amidine groups is 1. The number of nitrogens with zero attached hydrogens (tertiary/aromatic N) is 2. The van der Waals surface area contributed by atoms with E-state index in [4.69, 9.17) is 16.0 Å². The van der Waals surface area contributed by atoms with Gasteiger partial charge in [-0.25, -0.2) is 0 Å². The zero-order valence-electron chi connectivity index (χ0n) is 15.0. The second kappa shape index (κ2) is 8.62. The lowest BCUT2D eigenvalue weighted by Crippen LogP contribution is -2.00. The lowest BCUT2D eigenvalue weighted by molar-refractivity contribution is 0.415. The SMILES string of the molecule is COc1ccc(-c2ccc(CNc3ccc(C(=N)N=NN)cc3)cc2)cc1. The van der Waals surface area contributed by atoms with Gasteiger partial charge in [0.1, 0.15) is 5.75 Å². The van der Waals surface area contributed by atoms with E-state index >= 15 is 0 Å². The maximum atomic E-state index is 7.68. The quantitative estimate of drug-likeness (QED) is 0.197. The van der Waals surface area contributed by atoms with Crippen molar-refractivity contribution >= 4 is 11.5 Å². The smallest absolute Gasteiger partial charge is 0.176 e. The van der Waals surface area contributed by atoms with Gasteiger partial charge in [-0.1, -0.05) is 41.6 Å². The van der Waals surface area contributed by atoms with E-state index in [-0.39, 0.29) is 5.84 Å². The Kier molecular flexibility index (Phi) is 5.79. The summed E-state index contributed by atoms with van der Waals surface area (Å²) in [4.78, 5) is 0. The summed E-state index contributed by atoms with van der Waals surface area (Å²) in [6.45, 7) is 0.711. The van der Waals surface area contributed by atoms with Crippen LogP contribution in [0.4, 0.5) is 5.69 Å². The predicted molar refractivity (Wildman–Crippen MR) is 108 cm³/mol. The highest BCUT2D eigenvalue weighted by Gasteiger charge is 2.02. The monoisotopic (exact) mass is 359 g/mol. The summed E-state index contributed by atoms with van der Waals surface area (Å²) >= 11 is 0. The number of nitrogens with one attached hydrogen (secondary N) is 2. The molecule has 6 nitrogen and oxygen atoms in total. The van der Waals surface area contributed by atoms with Crippen molar-refractivity contribution < 1.29 is 4.74 Å². The molecular weight excluding hydrogens is 338 g/mol. The number of hydrogen-bond acceptors (Lipinski definition) is 4. The first-order valence-electron chi connectivity index (χ1n) is 8.47. The molecule has 0 saturated heterocycles. The van der Waals surface area contributed by atoms with Crippen molar-refractivity contribution in [3.05, 3.63) is 83.9 Å². The molecule has 0 aromatic heterocycles. The fourth-order valence-electron chi connectivity index (χ4n) is 2.66. The number of hydrogen-bond donors (Lipinski definition) is 3. The summed E-state index contributed by atoms with van der Waals surface area (Å²) in [5.74, 6) is 5.86. The van der Waals surface area contributed by atoms with Gasteiger partial charge in [-0.3, -0.25) is 5.41 Å². The summed E-state index contributed by atoms with van der Waals surface area (Å²) in [5.41, 5.74) is 5.14. The normalized spacial score (nSPS) is 10.7. The summed E-state index contributed by atoms with van der Waals surface area (Å²) < 4.78 is 5.20. The van der Waals surface area contributed by atoms with E-state index in [1.165, 1.54) is 11.1 Å². The van der Waals surface area contributed by atoms with Gasteiger partial charge >= 0.3 is 0 Å². The highest BCUT2D eigenvalue weighted by atomic mass is 16.5. The average Bonchev–Trinajstić information content (AvgIpc) is 2.73. The van der Waals surface area contributed by atoms with Crippen LogP contribution in [0.2, 0.25) is 0 Å². The number of ether oxygens (including phenoxy) is 1. The maximum Gasteiger partial charge on any atom is 0.176 e. The second-order valence-corrected chi connectivity index (χ2v) is 5.92. The Balaban J connectivity index is 1.60. The first-order valence-corrected chi connectivity index (χ1v) is 8.47. The fourth-order valence-corrected chi connectivity index (χ4v) is 2.66. The van der Waals surface area contributed by atoms with Crippen LogP contribution in [0.1, 0.15) is 11.1 Å². The Labute approximate surface area is 158 Å². The van der Waals surface area contributed by atoms with E-state index < -0.39 is 0 Å². The van der Waals surface area contributed by atoms with Gasteiger partial charge in [0.15, 0.2) is 5.84 Å². The number of nitrogens with two attached hydrogens (primary N) is 1. The van der Waals surface area contributed by atoms with E-state index in [2.05, 4.69) is 52.1 Å². The van der Waals surface area contributed by atoms with E-state index in [1.807, 2.05) is 36.4 Å². The summed E-state index contributed by atoms with van der Waals surface area (Å²) in [7, 11) is 1.67. The lowest BCUT2D eigenvalue weighted by atomic mass is 10.0. The van der Waals surface area contributed by atoms with Crippen molar-refractivity contribution in [3.63, 3.8) is 0 Å². The van der Waals surface area contributed by atoms with Crippen LogP contribution in [0.15, 0.2) is 83.1 Å². The van der Waals surface area contributed by atoms with Crippen LogP contribution in [-0.2, 0) is 6.54 Å². The zero-order chi connectivity index (χ0) is 19.1. The topological polar surface area (TPSA) is 95.8 Å². The molecular formula is C21H21N5O. The van der Waals surface area contributed by atoms with E-state index in [1.54, 1.807) is 7.11 Å². The Morgan fingerprint density at radius 1 is 0.926 bits per heavy atom. The molecule has 3 rings (SSSR count). The van der Waals surface area contributed by atoms with Gasteiger partial charge in [-0.05, 0) is 53.1 Å². The van der Waals surface area contributed by atoms with E-state index in [0.29, 0.717) is 12.1 Å². The Hall–Kier alpha value is -3.67. The van der Waals surface area contributed by atoms with Gasteiger partial charge < -0.3 is 15.9 Å². The molecule has 0 atom stereocenters. The molecule has 0 aliphatic heterocycles. The second-order valence-electron chi connectivity index (χ2n) is 5.92. The van der Waals surface area contributed by atoms with Gasteiger partial charge in [0, 0.05) is 17.8 Å². The standard InChI is InChI=1S/C21H21N5O/c1-27-20-12-8-17(9-13-20)16-4-2-15(3-5-16)14-24-19-10-6-18(7-11-19)21(22)25-26-23/h2-13,24H,14H2,1H3,(H3,22,23,25). The molecule has 0 spiro atoms. The molecule has 0 unspecified atom stereocenters. The van der Waals surface area contributed by atoms with Crippen molar-refractivity contribution in [1.82, 2.24) is 0 Å². The third kappa shape index (κ3) is 4.70. The van der Waals surface area contributed by atoms with Crippen molar-refractivity contribution in [2.45, 2.75) is 6.54 Å². The first kappa shape index (κ1) is 18.1. The van der Waals surface area contributed by atoms with Crippen molar-refractivity contribution in [2.24, 2.45) is 16.2 Å². The Bertz CT molecular complexity index is 916. The van der Waals surface area contributed by atoms with Gasteiger partial charge in [-0.15, -0.1) is 5.11 Å². The zero-order valence-corrected chi connectivity index (χ0v) is 15.0. The average molecular weight is 359 g/mol. The fraction of sp³-hybridized carbons (Fsp3) is 0.0952. The highest BCUT2D eigenvalue weighted by Crippen LogP contribution is 2.23. The van der Waals surface area contributed by atoms with E-state index in [0.717, 1.165) is 17.0 Å². The van der Waals surface area contributed by atoms with Gasteiger partial charge in [0.05, 0.1) is 7.11 Å². The third-order valence-electron chi connectivity index (χ3n) is 4.19. The van der Waals surface area contributed by atoms with Crippen molar-refractivity contribution in [2.75, 3.05) is 12.4 Å². The molecule has 0 bridgehead atoms. The molecule has 3 aromatic carbocycles. The van der Waals surface area contributed by atoms with Crippen LogP contribution in [0, 0.1) is 5.41 Å². The first-order chi connectivity index (χ1) is 13.2. The molecule has 0 amide bonds. The summed E-state index contributed by atoms with van der Waals surface area (Å²) in [5, 5.41) is 17.7. The molecule has 0 saturated carbocycles. The molecule has 27 heavy (non-hydrogen) atoms. The molecule has 4 N–H and O–H groups in total. The molecule has 0 fully saturated rings. The number of benzene rings is 3. The Morgan fingerprint density at radius 3 is 2.07 bits per heavy atom. The molecule has 0 aliphatic rings. The minimum Gasteiger partial charge on any atom is -0.497 e. The maximum absolute atomic E-state index is 7.68. The van der Waals surface area contributed by atoms with E-state index in [9.17, 15) is 0 Å². The number of anilines is 1. The van der Waals surface area contributed by atoms with Crippen molar-refractivity contribution in [3.8, 4) is 16.9 Å². The third-order valence-corrected chi connectivity index (χ3v) is 4.19. The van der Waals surface area contributed by atoms with Gasteiger partial charge in [0.2, 0.25) is 0 Å². The Morgan fingerprint density at radius 2 is 1.52 bits per heavy atom. The van der Waals surface area contributed by atoms with Crippen molar-refractivity contribution in [1.29, 1.82) is 5.41 Å². The lowest BCUT2D eigenvalue weighted by Gasteiger charge is -2.09. The number of methoxy groups -OCH3 is 1. The highest BCUT2D eigenvalue weighted by molar-refractivity contribution is 5.96. The molecule has 0 aliphatic carbocycles. The molecule has 136 valence electrons. The summed E-state index contributed by atoms with van der Waals surface area (Å²) in [6, 6.07) is 23.9. The number of rotatable bonds is 6. The van der Waals surface area contributed by atoms with Crippen LogP contribution >= 0.6 is 0 Å².